The number of nitrogens with zero attached hydrogens (tertiary/aromatic N) is 2. The summed E-state index contributed by atoms with van der Waals surface area (Å²) < 4.78 is 13.7. The average Bonchev–Trinajstić information content (AvgIpc) is 2.64. The summed E-state index contributed by atoms with van der Waals surface area (Å²) in [6.45, 7) is 0. The second-order valence-corrected chi connectivity index (χ2v) is 4.52. The second-order valence-electron chi connectivity index (χ2n) is 3.63. The van der Waals surface area contributed by atoms with Gasteiger partial charge in [0.15, 0.2) is 5.13 Å². The molecule has 0 spiro atoms. The minimum atomic E-state index is -0.255. The van der Waals surface area contributed by atoms with Gasteiger partial charge in [-0.1, -0.05) is 6.07 Å². The summed E-state index contributed by atoms with van der Waals surface area (Å²) in [7, 11) is 3.61. The lowest BCUT2D eigenvalue weighted by molar-refractivity contribution is 0.626. The summed E-state index contributed by atoms with van der Waals surface area (Å²) in [6, 6.07) is 5.05. The number of nitrogens with two attached hydrogens (primary N) is 1. The van der Waals surface area contributed by atoms with Gasteiger partial charge in [0.1, 0.15) is 5.82 Å². The summed E-state index contributed by atoms with van der Waals surface area (Å²) in [5.41, 5.74) is 7.56. The number of anilines is 2. The smallest absolute Gasteiger partial charge is 0.180 e. The third-order valence-electron chi connectivity index (χ3n) is 2.25. The van der Waals surface area contributed by atoms with Gasteiger partial charge in [0, 0.05) is 25.0 Å². The van der Waals surface area contributed by atoms with Crippen molar-refractivity contribution >= 4 is 22.2 Å². The van der Waals surface area contributed by atoms with Gasteiger partial charge in [-0.2, -0.15) is 0 Å². The number of halogens is 1. The molecule has 0 bridgehead atoms. The van der Waals surface area contributed by atoms with Crippen molar-refractivity contribution in [1.82, 2.24) is 4.98 Å². The highest BCUT2D eigenvalue weighted by Crippen LogP contribution is 2.27. The van der Waals surface area contributed by atoms with Gasteiger partial charge in [0.05, 0.1) is 11.4 Å². The fourth-order valence-corrected chi connectivity index (χ4v) is 2.02. The van der Waals surface area contributed by atoms with Gasteiger partial charge in [-0.25, -0.2) is 9.37 Å². The summed E-state index contributed by atoms with van der Waals surface area (Å²) in [5.74, 6) is -0.255. The lowest BCUT2D eigenvalue weighted by atomic mass is 10.1. The van der Waals surface area contributed by atoms with Crippen molar-refractivity contribution in [3.63, 3.8) is 0 Å². The van der Waals surface area contributed by atoms with Crippen LogP contribution in [0.25, 0.3) is 11.3 Å². The van der Waals surface area contributed by atoms with Crippen molar-refractivity contribution in [3.8, 4) is 11.3 Å². The van der Waals surface area contributed by atoms with Crippen LogP contribution in [-0.4, -0.2) is 19.1 Å². The van der Waals surface area contributed by atoms with Crippen molar-refractivity contribution in [1.29, 1.82) is 0 Å². The Morgan fingerprint density at radius 1 is 1.38 bits per heavy atom. The first-order chi connectivity index (χ1) is 7.58. The minimum Gasteiger partial charge on any atom is -0.375 e. The highest BCUT2D eigenvalue weighted by Gasteiger charge is 2.08. The quantitative estimate of drug-likeness (QED) is 0.873. The van der Waals surface area contributed by atoms with Crippen LogP contribution in [0, 0.1) is 5.82 Å². The highest BCUT2D eigenvalue weighted by atomic mass is 32.1. The van der Waals surface area contributed by atoms with Gasteiger partial charge >= 0.3 is 0 Å². The predicted octanol–water partition coefficient (Wildman–Crippen LogP) is 2.60. The zero-order chi connectivity index (χ0) is 11.7. The molecule has 2 N–H and O–H groups in total. The molecule has 0 saturated carbocycles. The van der Waals surface area contributed by atoms with Crippen LogP contribution >= 0.6 is 11.3 Å². The minimum absolute atomic E-state index is 0.255. The lowest BCUT2D eigenvalue weighted by Crippen LogP contribution is -2.10. The molecule has 0 aliphatic heterocycles. The van der Waals surface area contributed by atoms with Gasteiger partial charge < -0.3 is 10.6 Å². The number of benzene rings is 1. The molecule has 1 aromatic carbocycles. The Kier molecular flexibility index (Phi) is 2.78. The number of hydrogen-bond acceptors (Lipinski definition) is 4. The van der Waals surface area contributed by atoms with E-state index in [9.17, 15) is 4.39 Å². The summed E-state index contributed by atoms with van der Waals surface area (Å²) in [5, 5.41) is 2.31. The van der Waals surface area contributed by atoms with E-state index in [-0.39, 0.29) is 5.82 Å². The molecule has 2 rings (SSSR count). The topological polar surface area (TPSA) is 42.1 Å². The maximum absolute atomic E-state index is 13.7. The molecule has 0 unspecified atom stereocenters. The van der Waals surface area contributed by atoms with Crippen LogP contribution in [0.4, 0.5) is 15.2 Å². The van der Waals surface area contributed by atoms with E-state index in [4.69, 9.17) is 5.73 Å². The molecule has 3 nitrogen and oxygen atoms in total. The molecule has 0 amide bonds. The molecular weight excluding hydrogens is 225 g/mol. The molecule has 2 aromatic rings. The lowest BCUT2D eigenvalue weighted by Gasteiger charge is -2.13. The van der Waals surface area contributed by atoms with Crippen LogP contribution in [0.2, 0.25) is 0 Å². The molecule has 16 heavy (non-hydrogen) atoms. The molecule has 0 aliphatic rings. The Hall–Kier alpha value is -1.62. The number of aromatic nitrogens is 1. The van der Waals surface area contributed by atoms with Crippen molar-refractivity contribution in [2.45, 2.75) is 0 Å². The van der Waals surface area contributed by atoms with Crippen molar-refractivity contribution in [2.24, 2.45) is 0 Å². The number of nitrogen functional groups attached to an aromatic ring is 1. The van der Waals surface area contributed by atoms with Crippen LogP contribution < -0.4 is 10.6 Å². The first kappa shape index (κ1) is 10.9. The largest absolute Gasteiger partial charge is 0.375 e. The molecule has 0 aliphatic carbocycles. The molecule has 0 atom stereocenters. The van der Waals surface area contributed by atoms with Gasteiger partial charge in [-0.3, -0.25) is 0 Å². The van der Waals surface area contributed by atoms with Crippen LogP contribution in [0.15, 0.2) is 23.6 Å². The zero-order valence-corrected chi connectivity index (χ0v) is 9.88. The van der Waals surface area contributed by atoms with E-state index < -0.39 is 0 Å². The Bertz CT molecular complexity index is 508. The maximum atomic E-state index is 13.7. The zero-order valence-electron chi connectivity index (χ0n) is 9.07. The molecular formula is C11H12FN3S. The Labute approximate surface area is 97.3 Å². The van der Waals surface area contributed by atoms with Crippen LogP contribution in [-0.2, 0) is 0 Å². The molecule has 1 aromatic heterocycles. The van der Waals surface area contributed by atoms with E-state index in [1.54, 1.807) is 25.1 Å². The Balaban J connectivity index is 2.42. The first-order valence-corrected chi connectivity index (χ1v) is 5.64. The van der Waals surface area contributed by atoms with Crippen LogP contribution in [0.3, 0.4) is 0 Å². The molecule has 5 heteroatoms. The van der Waals surface area contributed by atoms with E-state index in [1.807, 2.05) is 11.4 Å². The average molecular weight is 237 g/mol. The molecule has 1 heterocycles. The van der Waals surface area contributed by atoms with E-state index in [1.165, 1.54) is 17.4 Å². The van der Waals surface area contributed by atoms with Gasteiger partial charge in [-0.05, 0) is 12.1 Å². The van der Waals surface area contributed by atoms with Crippen LogP contribution in [0.5, 0.6) is 0 Å². The number of thiazole rings is 1. The van der Waals surface area contributed by atoms with Gasteiger partial charge in [0.25, 0.3) is 0 Å². The third kappa shape index (κ3) is 1.99. The normalized spacial score (nSPS) is 10.4. The first-order valence-electron chi connectivity index (χ1n) is 4.76. The molecule has 84 valence electrons. The molecule has 0 radical (unpaired) electrons. The highest BCUT2D eigenvalue weighted by molar-refractivity contribution is 7.13. The summed E-state index contributed by atoms with van der Waals surface area (Å²) >= 11 is 1.35. The Morgan fingerprint density at radius 3 is 2.62 bits per heavy atom. The van der Waals surface area contributed by atoms with E-state index >= 15 is 0 Å². The third-order valence-corrected chi connectivity index (χ3v) is 2.92. The van der Waals surface area contributed by atoms with Gasteiger partial charge in [-0.15, -0.1) is 11.3 Å². The van der Waals surface area contributed by atoms with Crippen LogP contribution in [0.1, 0.15) is 0 Å². The van der Waals surface area contributed by atoms with E-state index in [0.717, 1.165) is 5.56 Å². The monoisotopic (exact) mass is 237 g/mol. The summed E-state index contributed by atoms with van der Waals surface area (Å²) in [4.78, 5) is 5.84. The van der Waals surface area contributed by atoms with E-state index in [0.29, 0.717) is 16.5 Å². The van der Waals surface area contributed by atoms with Crippen molar-refractivity contribution in [3.05, 3.63) is 29.4 Å². The van der Waals surface area contributed by atoms with Crippen molar-refractivity contribution < 1.29 is 4.39 Å². The maximum Gasteiger partial charge on any atom is 0.180 e. The second kappa shape index (κ2) is 4.09. The fraction of sp³-hybridized carbons (Fsp3) is 0.182. The standard InChI is InChI=1S/C11H12FN3S/c1-15(2)10-4-3-7(5-8(10)12)9-6-16-11(13)14-9/h3-6H,1-2H3,(H2,13,14). The Morgan fingerprint density at radius 2 is 2.12 bits per heavy atom. The summed E-state index contributed by atoms with van der Waals surface area (Å²) in [6.07, 6.45) is 0. The van der Waals surface area contributed by atoms with Crippen molar-refractivity contribution in [2.75, 3.05) is 24.7 Å². The molecule has 0 fully saturated rings. The van der Waals surface area contributed by atoms with E-state index in [2.05, 4.69) is 4.98 Å². The number of hydrogen-bond donors (Lipinski definition) is 1. The molecule has 0 saturated heterocycles. The predicted molar refractivity (Wildman–Crippen MR) is 66.2 cm³/mol. The van der Waals surface area contributed by atoms with Gasteiger partial charge in [0.2, 0.25) is 0 Å². The SMILES string of the molecule is CN(C)c1ccc(-c2csc(N)n2)cc1F. The number of rotatable bonds is 2. The fourth-order valence-electron chi connectivity index (χ4n) is 1.45.